The van der Waals surface area contributed by atoms with E-state index < -0.39 is 11.6 Å². The first-order valence-corrected chi connectivity index (χ1v) is 7.80. The minimum absolute atomic E-state index is 0. The average Bonchev–Trinajstić information content (AvgIpc) is 3.10. The van der Waals surface area contributed by atoms with Crippen LogP contribution in [0.3, 0.4) is 0 Å². The Bertz CT molecular complexity index is 976. The van der Waals surface area contributed by atoms with E-state index in [0.717, 1.165) is 29.2 Å². The van der Waals surface area contributed by atoms with Crippen LogP contribution in [-0.4, -0.2) is 15.1 Å². The average molecular weight is 541 g/mol. The van der Waals surface area contributed by atoms with Crippen LogP contribution in [0, 0.1) is 24.6 Å². The normalized spacial score (nSPS) is 9.74. The van der Waals surface area contributed by atoms with Gasteiger partial charge in [0.05, 0.1) is 0 Å². The molecule has 0 aliphatic carbocycles. The van der Waals surface area contributed by atoms with Crippen molar-refractivity contribution in [2.45, 2.75) is 6.92 Å². The Balaban J connectivity index is 0.000000189. The Kier molecular flexibility index (Phi) is 7.46. The molecule has 0 amide bonds. The Morgan fingerprint density at radius 3 is 2.11 bits per heavy atom. The van der Waals surface area contributed by atoms with E-state index in [4.69, 9.17) is 0 Å². The Labute approximate surface area is 169 Å². The summed E-state index contributed by atoms with van der Waals surface area (Å²) in [5.74, 6) is -1.29. The van der Waals surface area contributed by atoms with Gasteiger partial charge < -0.3 is 15.2 Å². The molecule has 0 bridgehead atoms. The number of hydrogen-bond acceptors (Lipinski definition) is 3. The second-order valence-electron chi connectivity index (χ2n) is 5.34. The monoisotopic (exact) mass is 541 g/mol. The third-order valence-electron chi connectivity index (χ3n) is 3.37. The summed E-state index contributed by atoms with van der Waals surface area (Å²) in [4.78, 5) is 8.11. The summed E-state index contributed by atoms with van der Waals surface area (Å²) in [6.07, 6.45) is 3.30. The number of aryl methyl sites for hydroxylation is 1. The van der Waals surface area contributed by atoms with E-state index in [9.17, 15) is 8.78 Å². The van der Waals surface area contributed by atoms with Crippen molar-refractivity contribution in [3.8, 4) is 22.6 Å². The molecule has 0 saturated carbocycles. The second kappa shape index (κ2) is 9.80. The van der Waals surface area contributed by atoms with Crippen molar-refractivity contribution < 1.29 is 28.9 Å². The molecule has 0 aliphatic rings. The predicted octanol–water partition coefficient (Wildman–Crippen LogP) is 4.23. The summed E-state index contributed by atoms with van der Waals surface area (Å²) in [7, 11) is 0. The van der Waals surface area contributed by atoms with Gasteiger partial charge in [-0.3, -0.25) is 13.8 Å². The Morgan fingerprint density at radius 2 is 1.59 bits per heavy atom. The van der Waals surface area contributed by atoms with E-state index in [-0.39, 0.29) is 25.7 Å². The van der Waals surface area contributed by atoms with Gasteiger partial charge in [0.25, 0.3) is 0 Å². The summed E-state index contributed by atoms with van der Waals surface area (Å²) >= 11 is 0. The van der Waals surface area contributed by atoms with Crippen LogP contribution in [0.4, 0.5) is 8.78 Å². The fourth-order valence-electron chi connectivity index (χ4n) is 2.18. The minimum Gasteiger partial charge on any atom is -0.574 e. The molecule has 1 aromatic carbocycles. The largest absolute Gasteiger partial charge is 0.574 e. The van der Waals surface area contributed by atoms with Gasteiger partial charge in [0.15, 0.2) is 0 Å². The molecule has 27 heavy (non-hydrogen) atoms. The molecule has 4 aromatic rings. The van der Waals surface area contributed by atoms with E-state index in [1.165, 1.54) is 0 Å². The van der Waals surface area contributed by atoms with Gasteiger partial charge in [0.1, 0.15) is 0 Å². The van der Waals surface area contributed by atoms with Crippen molar-refractivity contribution >= 4 is 0 Å². The number of rotatable bonds is 2. The van der Waals surface area contributed by atoms with Crippen LogP contribution in [0.2, 0.25) is 0 Å². The number of nitrogens with zero attached hydrogens (tertiary/aromatic N) is 4. The second-order valence-corrected chi connectivity index (χ2v) is 5.34. The van der Waals surface area contributed by atoms with Crippen LogP contribution in [0.25, 0.3) is 22.6 Å². The number of hydrogen-bond donors (Lipinski definition) is 0. The standard InChI is InChI=1S/C11H6F2N.C9H8N3.Ir/c12-8-4-5-9(10(13)7-8)11-3-1-2-6-14-11;1-7-6-9(12-11-7)8-4-2-3-5-10-8;/h1-4,6-7H;2-6H,1H3;/q2*-1;. The Hall–Kier alpha value is -2.76. The van der Waals surface area contributed by atoms with Gasteiger partial charge in [0.2, 0.25) is 0 Å². The molecule has 3 heterocycles. The van der Waals surface area contributed by atoms with Crippen LogP contribution in [-0.2, 0) is 20.1 Å². The summed E-state index contributed by atoms with van der Waals surface area (Å²) in [6.45, 7) is 1.92. The molecule has 0 spiro atoms. The molecular weight excluding hydrogens is 526 g/mol. The van der Waals surface area contributed by atoms with Crippen molar-refractivity contribution in [3.05, 3.63) is 90.4 Å². The first kappa shape index (κ1) is 20.6. The van der Waals surface area contributed by atoms with Gasteiger partial charge >= 0.3 is 0 Å². The summed E-state index contributed by atoms with van der Waals surface area (Å²) in [5, 5.41) is 7.88. The van der Waals surface area contributed by atoms with Gasteiger partial charge in [-0.15, -0.1) is 12.1 Å². The van der Waals surface area contributed by atoms with Crippen molar-refractivity contribution in [2.75, 3.05) is 0 Å². The maximum Gasteiger partial charge on any atom is 0.0494 e. The topological polar surface area (TPSA) is 52.8 Å². The fourth-order valence-corrected chi connectivity index (χ4v) is 2.18. The molecule has 0 aliphatic heterocycles. The minimum atomic E-state index is -0.649. The molecule has 3 aromatic heterocycles. The third kappa shape index (κ3) is 5.61. The number of pyridine rings is 2. The van der Waals surface area contributed by atoms with Crippen LogP contribution in [0.15, 0.2) is 67.0 Å². The zero-order chi connectivity index (χ0) is 18.4. The van der Waals surface area contributed by atoms with Crippen molar-refractivity contribution in [3.63, 3.8) is 0 Å². The molecule has 7 heteroatoms. The molecule has 1 radical (unpaired) electrons. The Morgan fingerprint density at radius 1 is 0.926 bits per heavy atom. The maximum atomic E-state index is 13.2. The molecule has 139 valence electrons. The van der Waals surface area contributed by atoms with Gasteiger partial charge in [-0.1, -0.05) is 41.6 Å². The first-order valence-electron chi connectivity index (χ1n) is 7.80. The molecule has 0 atom stereocenters. The van der Waals surface area contributed by atoms with Crippen molar-refractivity contribution in [1.29, 1.82) is 0 Å². The molecule has 4 nitrogen and oxygen atoms in total. The summed E-state index contributed by atoms with van der Waals surface area (Å²) in [6, 6.07) is 17.2. The molecule has 0 saturated heterocycles. The number of aromatic nitrogens is 4. The third-order valence-corrected chi connectivity index (χ3v) is 3.37. The van der Waals surface area contributed by atoms with E-state index >= 15 is 0 Å². The van der Waals surface area contributed by atoms with Crippen LogP contribution in [0.5, 0.6) is 0 Å². The zero-order valence-electron chi connectivity index (χ0n) is 14.2. The SMILES string of the molecule is Cc1cc(-c2ccccn2)[n-]n1.Fc1c[c-]c(-c2ccccn2)c(F)c1.[Ir]. The van der Waals surface area contributed by atoms with Gasteiger partial charge in [-0.05, 0) is 30.8 Å². The van der Waals surface area contributed by atoms with Gasteiger partial charge in [0, 0.05) is 55.5 Å². The number of benzene rings is 1. The molecule has 4 rings (SSSR count). The smallest absolute Gasteiger partial charge is 0.0494 e. The van der Waals surface area contributed by atoms with Crippen molar-refractivity contribution in [2.24, 2.45) is 0 Å². The molecule has 0 N–H and O–H groups in total. The first-order chi connectivity index (χ1) is 12.6. The summed E-state index contributed by atoms with van der Waals surface area (Å²) < 4.78 is 25.8. The van der Waals surface area contributed by atoms with Crippen LogP contribution in [0.1, 0.15) is 5.69 Å². The summed E-state index contributed by atoms with van der Waals surface area (Å²) in [5.41, 5.74) is 3.28. The molecule has 0 fully saturated rings. The maximum absolute atomic E-state index is 13.2. The van der Waals surface area contributed by atoms with Crippen LogP contribution < -0.4 is 5.10 Å². The zero-order valence-corrected chi connectivity index (χ0v) is 16.6. The molecular formula is C20H14F2IrN4-2. The van der Waals surface area contributed by atoms with E-state index in [1.54, 1.807) is 30.6 Å². The van der Waals surface area contributed by atoms with Gasteiger partial charge in [-0.25, -0.2) is 0 Å². The van der Waals surface area contributed by atoms with E-state index in [2.05, 4.69) is 26.2 Å². The quantitative estimate of drug-likeness (QED) is 0.357. The number of halogens is 2. The van der Waals surface area contributed by atoms with Crippen molar-refractivity contribution in [1.82, 2.24) is 20.2 Å². The van der Waals surface area contributed by atoms with Crippen LogP contribution >= 0.6 is 0 Å². The molecule has 0 unspecified atom stereocenters. The predicted molar refractivity (Wildman–Crippen MR) is 94.0 cm³/mol. The van der Waals surface area contributed by atoms with E-state index in [0.29, 0.717) is 5.69 Å². The van der Waals surface area contributed by atoms with Gasteiger partial charge in [-0.2, -0.15) is 0 Å². The fraction of sp³-hybridized carbons (Fsp3) is 0.0500. The van der Waals surface area contributed by atoms with E-state index in [1.807, 2.05) is 31.2 Å².